The molecule has 0 radical (unpaired) electrons. The Kier molecular flexibility index (Phi) is 4.33. The van der Waals surface area contributed by atoms with Gasteiger partial charge in [-0.2, -0.15) is 4.98 Å². The number of hydrogen-bond donors (Lipinski definition) is 1. The van der Waals surface area contributed by atoms with E-state index in [-0.39, 0.29) is 22.3 Å². The molecular formula is C12H9N3O5S. The smallest absolute Gasteiger partial charge is 0.354 e. The zero-order chi connectivity index (χ0) is 15.4. The average molecular weight is 307 g/mol. The van der Waals surface area contributed by atoms with Crippen molar-refractivity contribution < 1.29 is 19.6 Å². The molecule has 0 fully saturated rings. The van der Waals surface area contributed by atoms with Crippen molar-refractivity contribution in [3.8, 4) is 5.88 Å². The molecule has 2 rings (SSSR count). The minimum atomic E-state index is -1.18. The first-order valence-corrected chi connectivity index (χ1v) is 6.39. The lowest BCUT2D eigenvalue weighted by molar-refractivity contribution is -0.388. The lowest BCUT2D eigenvalue weighted by Gasteiger charge is -2.05. The molecule has 1 N–H and O–H groups in total. The second-order valence-electron chi connectivity index (χ2n) is 3.72. The van der Waals surface area contributed by atoms with Crippen LogP contribution in [0.4, 0.5) is 5.69 Å². The van der Waals surface area contributed by atoms with E-state index in [2.05, 4.69) is 9.97 Å². The number of carbonyl (C=O) groups is 1. The SMILES string of the molecule is COc1ccc([N+](=O)[O-])c(Sc2ccnc(C(=O)O)c2)n1. The first kappa shape index (κ1) is 14.7. The number of carboxylic acids is 1. The minimum absolute atomic E-state index is 0.113. The molecule has 2 aromatic heterocycles. The molecule has 0 amide bonds. The topological polar surface area (TPSA) is 115 Å². The van der Waals surface area contributed by atoms with Crippen LogP contribution < -0.4 is 4.74 Å². The maximum Gasteiger partial charge on any atom is 0.354 e. The molecule has 0 spiro atoms. The summed E-state index contributed by atoms with van der Waals surface area (Å²) in [6, 6.07) is 5.53. The Balaban J connectivity index is 2.40. The molecule has 0 atom stereocenters. The number of nitrogens with zero attached hydrogens (tertiary/aromatic N) is 3. The number of aromatic carboxylic acids is 1. The van der Waals surface area contributed by atoms with E-state index in [4.69, 9.17) is 9.84 Å². The number of hydrogen-bond acceptors (Lipinski definition) is 7. The van der Waals surface area contributed by atoms with Crippen molar-refractivity contribution in [2.45, 2.75) is 9.92 Å². The lowest BCUT2D eigenvalue weighted by atomic mass is 10.3. The van der Waals surface area contributed by atoms with Gasteiger partial charge < -0.3 is 9.84 Å². The summed E-state index contributed by atoms with van der Waals surface area (Å²) in [4.78, 5) is 29.5. The third kappa shape index (κ3) is 3.45. The van der Waals surface area contributed by atoms with Gasteiger partial charge in [-0.3, -0.25) is 10.1 Å². The van der Waals surface area contributed by atoms with Crippen LogP contribution in [0.1, 0.15) is 10.5 Å². The number of methoxy groups -OCH3 is 1. The van der Waals surface area contributed by atoms with Crippen LogP contribution in [0, 0.1) is 10.1 Å². The Morgan fingerprint density at radius 1 is 1.43 bits per heavy atom. The monoisotopic (exact) mass is 307 g/mol. The van der Waals surface area contributed by atoms with Gasteiger partial charge in [0, 0.05) is 23.2 Å². The van der Waals surface area contributed by atoms with Crippen LogP contribution in [0.5, 0.6) is 5.88 Å². The Morgan fingerprint density at radius 2 is 2.19 bits per heavy atom. The van der Waals surface area contributed by atoms with Crippen molar-refractivity contribution in [1.29, 1.82) is 0 Å². The number of nitro groups is 1. The molecule has 0 saturated carbocycles. The molecule has 9 heteroatoms. The quantitative estimate of drug-likeness (QED) is 0.660. The predicted octanol–water partition coefficient (Wildman–Crippen LogP) is 2.24. The first-order chi connectivity index (χ1) is 10.0. The van der Waals surface area contributed by atoms with Crippen LogP contribution in [0.2, 0.25) is 0 Å². The first-order valence-electron chi connectivity index (χ1n) is 5.58. The summed E-state index contributed by atoms with van der Waals surface area (Å²) in [5.41, 5.74) is -0.333. The maximum atomic E-state index is 11.0. The highest BCUT2D eigenvalue weighted by molar-refractivity contribution is 7.99. The van der Waals surface area contributed by atoms with Gasteiger partial charge in [0.1, 0.15) is 5.69 Å². The van der Waals surface area contributed by atoms with E-state index < -0.39 is 10.9 Å². The molecule has 0 bridgehead atoms. The summed E-state index contributed by atoms with van der Waals surface area (Å²) in [7, 11) is 1.40. The molecule has 0 unspecified atom stereocenters. The van der Waals surface area contributed by atoms with Crippen LogP contribution in [0.25, 0.3) is 0 Å². The Hall–Kier alpha value is -2.68. The highest BCUT2D eigenvalue weighted by Crippen LogP contribution is 2.34. The van der Waals surface area contributed by atoms with Gasteiger partial charge in [0.15, 0.2) is 5.03 Å². The molecule has 2 heterocycles. The summed E-state index contributed by atoms with van der Waals surface area (Å²) >= 11 is 0.968. The van der Waals surface area contributed by atoms with Gasteiger partial charge in [-0.15, -0.1) is 0 Å². The Morgan fingerprint density at radius 3 is 2.81 bits per heavy atom. The van der Waals surface area contributed by atoms with Crippen LogP contribution in [-0.2, 0) is 0 Å². The standard InChI is InChI=1S/C12H9N3O5S/c1-20-10-3-2-9(15(18)19)11(14-10)21-7-4-5-13-8(6-7)12(16)17/h2-6H,1H3,(H,16,17). The molecular weight excluding hydrogens is 298 g/mol. The van der Waals surface area contributed by atoms with Gasteiger partial charge in [0.2, 0.25) is 5.88 Å². The highest BCUT2D eigenvalue weighted by Gasteiger charge is 2.18. The third-order valence-electron chi connectivity index (χ3n) is 2.39. The molecule has 0 aliphatic heterocycles. The second kappa shape index (κ2) is 6.18. The molecule has 0 aromatic carbocycles. The number of ether oxygens (including phenoxy) is 1. The van der Waals surface area contributed by atoms with E-state index in [9.17, 15) is 14.9 Å². The van der Waals surface area contributed by atoms with Gasteiger partial charge in [-0.25, -0.2) is 9.78 Å². The fourth-order valence-electron chi connectivity index (χ4n) is 1.45. The van der Waals surface area contributed by atoms with Crippen molar-refractivity contribution in [3.05, 3.63) is 46.3 Å². The predicted molar refractivity (Wildman–Crippen MR) is 72.8 cm³/mol. The van der Waals surface area contributed by atoms with E-state index in [1.165, 1.54) is 31.5 Å². The van der Waals surface area contributed by atoms with Gasteiger partial charge in [0.25, 0.3) is 0 Å². The minimum Gasteiger partial charge on any atom is -0.481 e. The summed E-state index contributed by atoms with van der Waals surface area (Å²) in [6.45, 7) is 0. The fourth-order valence-corrected chi connectivity index (χ4v) is 2.35. The van der Waals surface area contributed by atoms with E-state index in [0.29, 0.717) is 4.90 Å². The summed E-state index contributed by atoms with van der Waals surface area (Å²) in [6.07, 6.45) is 1.32. The maximum absolute atomic E-state index is 11.0. The van der Waals surface area contributed by atoms with Gasteiger partial charge in [-0.1, -0.05) is 11.8 Å². The van der Waals surface area contributed by atoms with Gasteiger partial charge in [-0.05, 0) is 12.1 Å². The van der Waals surface area contributed by atoms with Crippen LogP contribution in [0.15, 0.2) is 40.4 Å². The number of rotatable bonds is 5. The summed E-state index contributed by atoms with van der Waals surface area (Å²) in [5.74, 6) is -0.943. The van der Waals surface area contributed by atoms with Crippen molar-refractivity contribution >= 4 is 23.4 Å². The third-order valence-corrected chi connectivity index (χ3v) is 3.37. The second-order valence-corrected chi connectivity index (χ2v) is 4.78. The number of pyridine rings is 2. The zero-order valence-electron chi connectivity index (χ0n) is 10.7. The molecule has 8 nitrogen and oxygen atoms in total. The zero-order valence-corrected chi connectivity index (χ0v) is 11.5. The van der Waals surface area contributed by atoms with Crippen molar-refractivity contribution in [1.82, 2.24) is 9.97 Å². The van der Waals surface area contributed by atoms with Crippen LogP contribution in [-0.4, -0.2) is 33.1 Å². The summed E-state index contributed by atoms with van der Waals surface area (Å²) < 4.78 is 4.94. The van der Waals surface area contributed by atoms with E-state index in [1.54, 1.807) is 6.07 Å². The molecule has 21 heavy (non-hydrogen) atoms. The van der Waals surface area contributed by atoms with Crippen molar-refractivity contribution in [3.63, 3.8) is 0 Å². The Labute approximate surface area is 123 Å². The van der Waals surface area contributed by atoms with Crippen molar-refractivity contribution in [2.75, 3.05) is 7.11 Å². The van der Waals surface area contributed by atoms with Crippen LogP contribution >= 0.6 is 11.8 Å². The molecule has 108 valence electrons. The van der Waals surface area contributed by atoms with Crippen molar-refractivity contribution in [2.24, 2.45) is 0 Å². The molecule has 0 saturated heterocycles. The summed E-state index contributed by atoms with van der Waals surface area (Å²) in [5, 5.41) is 20.0. The normalized spacial score (nSPS) is 10.1. The lowest BCUT2D eigenvalue weighted by Crippen LogP contribution is -2.00. The average Bonchev–Trinajstić information content (AvgIpc) is 2.47. The Bertz CT molecular complexity index is 707. The number of carboxylic acid groups (broad SMARTS) is 1. The van der Waals surface area contributed by atoms with E-state index in [1.807, 2.05) is 0 Å². The molecule has 0 aliphatic carbocycles. The number of aromatic nitrogens is 2. The fraction of sp³-hybridized carbons (Fsp3) is 0.0833. The molecule has 0 aliphatic rings. The van der Waals surface area contributed by atoms with E-state index >= 15 is 0 Å². The molecule has 2 aromatic rings. The van der Waals surface area contributed by atoms with Crippen LogP contribution in [0.3, 0.4) is 0 Å². The van der Waals surface area contributed by atoms with E-state index in [0.717, 1.165) is 11.8 Å². The van der Waals surface area contributed by atoms with Gasteiger partial charge in [0.05, 0.1) is 12.0 Å². The van der Waals surface area contributed by atoms with Gasteiger partial charge >= 0.3 is 11.7 Å². The highest BCUT2D eigenvalue weighted by atomic mass is 32.2. The largest absolute Gasteiger partial charge is 0.481 e.